The maximum atomic E-state index is 13.6. The third kappa shape index (κ3) is 22.4. The monoisotopic (exact) mass is 1180 g/mol. The van der Waals surface area contributed by atoms with Gasteiger partial charge in [-0.3, -0.25) is 14.4 Å². The average molecular weight is 1180 g/mol. The molecule has 1 aliphatic heterocycles. The quantitative estimate of drug-likeness (QED) is 0.0125. The summed E-state index contributed by atoms with van der Waals surface area (Å²) >= 11 is 3.40. The lowest BCUT2D eigenvalue weighted by atomic mass is 10.1. The average Bonchev–Trinajstić information content (AvgIpc) is 4.37. The number of rotatable bonds is 38. The number of aromatic amines is 1. The number of ether oxygens (including phenoxy) is 11. The van der Waals surface area contributed by atoms with Gasteiger partial charge < -0.3 is 67.7 Å². The number of nitrogens with two attached hydrogens (primary N) is 1. The zero-order chi connectivity index (χ0) is 55.9. The van der Waals surface area contributed by atoms with Gasteiger partial charge in [0.2, 0.25) is 17.4 Å². The number of nitrogen functional groups attached to an aromatic ring is 1. The Morgan fingerprint density at radius 2 is 1.14 bits per heavy atom. The Hall–Kier alpha value is -5.09. The number of piperazine rings is 1. The third-order valence-electron chi connectivity index (χ3n) is 12.1. The number of H-pyrrole nitrogens is 1. The summed E-state index contributed by atoms with van der Waals surface area (Å²) in [4.78, 5) is 24.3. The Labute approximate surface area is 466 Å². The topological polar surface area (TPSA) is 198 Å². The highest BCUT2D eigenvalue weighted by atomic mass is 79.9. The van der Waals surface area contributed by atoms with Crippen LogP contribution in [0.15, 0.2) is 65.4 Å². The van der Waals surface area contributed by atoms with E-state index in [1.807, 2.05) is 16.9 Å². The van der Waals surface area contributed by atoms with Crippen LogP contribution in [0.4, 0.5) is 29.1 Å². The minimum atomic E-state index is -1.79. The summed E-state index contributed by atoms with van der Waals surface area (Å²) in [5.41, 5.74) is 10.3. The Morgan fingerprint density at radius 1 is 0.620 bits per heavy atom. The summed E-state index contributed by atoms with van der Waals surface area (Å²) in [5.74, 6) is -9.01. The maximum absolute atomic E-state index is 13.6. The van der Waals surface area contributed by atoms with E-state index in [-0.39, 0.29) is 25.9 Å². The lowest BCUT2D eigenvalue weighted by Gasteiger charge is -2.36. The number of esters is 1. The fraction of sp³-hybridized carbons (Fsp3) is 0.545. The maximum Gasteiger partial charge on any atom is 0.313 e. The molecular weight excluding hydrogens is 1110 g/mol. The molecule has 7 rings (SSSR count). The molecule has 4 heterocycles. The van der Waals surface area contributed by atoms with Gasteiger partial charge in [0.25, 0.3) is 0 Å². The molecule has 0 amide bonds. The van der Waals surface area contributed by atoms with Crippen molar-refractivity contribution in [3.05, 3.63) is 88.7 Å². The molecular formula is C55H74BrF4N7O12. The van der Waals surface area contributed by atoms with Gasteiger partial charge in [-0.15, -0.1) is 0 Å². The second-order valence-electron chi connectivity index (χ2n) is 17.9. The Kier molecular flexibility index (Phi) is 29.0. The first kappa shape index (κ1) is 63.1. The van der Waals surface area contributed by atoms with Crippen molar-refractivity contribution in [2.75, 3.05) is 175 Å². The van der Waals surface area contributed by atoms with E-state index >= 15 is 0 Å². The number of hydrogen-bond donors (Lipinski definition) is 2. The number of hydrogen-bond acceptors (Lipinski definition) is 17. The molecule has 3 aromatic carbocycles. The predicted octanol–water partition coefficient (Wildman–Crippen LogP) is 7.74. The second kappa shape index (κ2) is 36.3. The summed E-state index contributed by atoms with van der Waals surface area (Å²) in [5, 5.41) is 8.10. The van der Waals surface area contributed by atoms with Crippen molar-refractivity contribution >= 4 is 66.1 Å². The highest BCUT2D eigenvalue weighted by Gasteiger charge is 2.23. The van der Waals surface area contributed by atoms with Gasteiger partial charge in [0.05, 0.1) is 144 Å². The van der Waals surface area contributed by atoms with Crippen LogP contribution < -0.4 is 15.4 Å². The van der Waals surface area contributed by atoms with Crippen LogP contribution >= 0.6 is 15.9 Å². The second-order valence-corrected chi connectivity index (χ2v) is 18.8. The number of pyridine rings is 1. The summed E-state index contributed by atoms with van der Waals surface area (Å²) < 4.78 is 116. The number of benzene rings is 3. The molecule has 0 saturated carbocycles. The lowest BCUT2D eigenvalue weighted by Crippen LogP contribution is -2.47. The molecule has 1 aliphatic rings. The standard InChI is InChI=1S/C47H68F4N6O12.C8H6BrN/c1-2-3-7-57-35-38-37-33-36(4-5-41(37)53-47(52)45(38)54-57)56-10-8-55(9-11-56)12-14-60-16-18-62-20-22-64-24-26-66-28-30-68-32-31-67-29-27-65-25-23-63-21-19-61-17-15-59-13-6-42(58)69-46-43(50)39(48)34-40(49)44(46)51;9-7-1-2-8-6(5-7)3-4-10-8/h4-5,33-35H,2-3,6-32H2,1H3,(H2,52,53);1-5,10H. The van der Waals surface area contributed by atoms with E-state index in [9.17, 15) is 22.4 Å². The van der Waals surface area contributed by atoms with Gasteiger partial charge >= 0.3 is 5.97 Å². The van der Waals surface area contributed by atoms with Gasteiger partial charge in [0, 0.05) is 89.6 Å². The molecule has 19 nitrogen and oxygen atoms in total. The number of halogens is 5. The minimum Gasteiger partial charge on any atom is -0.420 e. The molecule has 0 radical (unpaired) electrons. The van der Waals surface area contributed by atoms with Crippen LogP contribution in [0.2, 0.25) is 0 Å². The van der Waals surface area contributed by atoms with Gasteiger partial charge in [-0.2, -0.15) is 13.9 Å². The molecule has 0 spiro atoms. The predicted molar refractivity (Wildman–Crippen MR) is 294 cm³/mol. The van der Waals surface area contributed by atoms with Crippen molar-refractivity contribution in [2.45, 2.75) is 32.7 Å². The zero-order valence-electron chi connectivity index (χ0n) is 44.9. The molecule has 0 aliphatic carbocycles. The highest BCUT2D eigenvalue weighted by molar-refractivity contribution is 9.10. The number of nitrogens with zero attached hydrogens (tertiary/aromatic N) is 5. The molecule has 3 N–H and O–H groups in total. The molecule has 24 heteroatoms. The van der Waals surface area contributed by atoms with Crippen LogP contribution in [0, 0.1) is 23.3 Å². The van der Waals surface area contributed by atoms with Crippen molar-refractivity contribution in [1.82, 2.24) is 24.6 Å². The van der Waals surface area contributed by atoms with Gasteiger partial charge in [-0.25, -0.2) is 13.8 Å². The van der Waals surface area contributed by atoms with Crippen molar-refractivity contribution in [1.29, 1.82) is 0 Å². The van der Waals surface area contributed by atoms with Gasteiger partial charge in [-0.05, 0) is 48.9 Å². The fourth-order valence-electron chi connectivity index (χ4n) is 7.95. The number of carbonyl (C=O) groups excluding carboxylic acids is 1. The Morgan fingerprint density at radius 3 is 1.67 bits per heavy atom. The van der Waals surface area contributed by atoms with Crippen molar-refractivity contribution in [3.8, 4) is 5.75 Å². The molecule has 1 fully saturated rings. The summed E-state index contributed by atoms with van der Waals surface area (Å²) in [6.45, 7) is 15.6. The van der Waals surface area contributed by atoms with Crippen LogP contribution in [-0.2, 0) is 58.7 Å². The molecule has 0 unspecified atom stereocenters. The van der Waals surface area contributed by atoms with Crippen LogP contribution in [0.25, 0.3) is 32.7 Å². The fourth-order valence-corrected chi connectivity index (χ4v) is 8.33. The van der Waals surface area contributed by atoms with Crippen LogP contribution in [0.5, 0.6) is 5.75 Å². The van der Waals surface area contributed by atoms with E-state index < -0.39 is 41.4 Å². The van der Waals surface area contributed by atoms with Gasteiger partial charge in [0.15, 0.2) is 17.5 Å². The number of unbranched alkanes of at least 4 members (excludes halogenated alkanes) is 1. The summed E-state index contributed by atoms with van der Waals surface area (Å²) in [7, 11) is 0. The first-order chi connectivity index (χ1) is 38.6. The molecule has 0 atom stereocenters. The van der Waals surface area contributed by atoms with Crippen LogP contribution in [0.3, 0.4) is 0 Å². The number of aromatic nitrogens is 4. The highest BCUT2D eigenvalue weighted by Crippen LogP contribution is 2.31. The molecule has 6 aromatic rings. The first-order valence-corrected chi connectivity index (χ1v) is 27.5. The van der Waals surface area contributed by atoms with E-state index in [4.69, 9.17) is 58.2 Å². The molecule has 3 aromatic heterocycles. The van der Waals surface area contributed by atoms with Crippen molar-refractivity contribution in [3.63, 3.8) is 0 Å². The first-order valence-electron chi connectivity index (χ1n) is 26.7. The lowest BCUT2D eigenvalue weighted by molar-refractivity contribution is -0.136. The normalized spacial score (nSPS) is 13.0. The Bertz CT molecular complexity index is 2670. The van der Waals surface area contributed by atoms with Gasteiger partial charge in [-0.1, -0.05) is 29.3 Å². The molecule has 1 saturated heterocycles. The number of aryl methyl sites for hydroxylation is 1. The zero-order valence-corrected chi connectivity index (χ0v) is 46.5. The van der Waals surface area contributed by atoms with Crippen molar-refractivity contribution < 1.29 is 74.5 Å². The van der Waals surface area contributed by atoms with E-state index in [0.717, 1.165) is 78.4 Å². The van der Waals surface area contributed by atoms with Crippen LogP contribution in [-0.4, -0.2) is 195 Å². The number of fused-ring (bicyclic) bond motifs is 4. The number of nitrogens with one attached hydrogen (secondary N) is 1. The molecule has 0 bridgehead atoms. The van der Waals surface area contributed by atoms with Crippen molar-refractivity contribution in [2.24, 2.45) is 0 Å². The number of anilines is 2. The SMILES string of the molecule is Brc1ccc2[nH]ccc2c1.CCCCn1cc2c(n1)c(N)nc1ccc(N3CCN(CCOCCOCCOCCOCCOCCOCCOCCOCCOCCOCCC(=O)Oc4c(F)c(F)cc(F)c4F)CC3)cc12. The van der Waals surface area contributed by atoms with Gasteiger partial charge in [0.1, 0.15) is 5.52 Å². The van der Waals surface area contributed by atoms with E-state index in [0.29, 0.717) is 118 Å². The van der Waals surface area contributed by atoms with E-state index in [2.05, 4.69) is 90.0 Å². The number of carbonyl (C=O) groups is 1. The van der Waals surface area contributed by atoms with Crippen LogP contribution in [0.1, 0.15) is 26.2 Å². The third-order valence-corrected chi connectivity index (χ3v) is 12.6. The Balaban J connectivity index is 0.000000895. The summed E-state index contributed by atoms with van der Waals surface area (Å²) in [6, 6.07) is 14.7. The largest absolute Gasteiger partial charge is 0.420 e. The van der Waals surface area contributed by atoms with E-state index in [1.54, 1.807) is 0 Å². The minimum absolute atomic E-state index is 0.0203. The summed E-state index contributed by atoms with van der Waals surface area (Å²) in [6.07, 6.45) is 5.83. The molecule has 436 valence electrons. The smallest absolute Gasteiger partial charge is 0.313 e. The van der Waals surface area contributed by atoms with E-state index in [1.165, 1.54) is 16.6 Å². The molecule has 79 heavy (non-hydrogen) atoms.